The van der Waals surface area contributed by atoms with Crippen LogP contribution in [0.3, 0.4) is 0 Å². The number of carbonyl (C=O) groups is 2. The largest absolute Gasteiger partial charge is 0.497 e. The van der Waals surface area contributed by atoms with Crippen LogP contribution in [0.1, 0.15) is 17.0 Å². The van der Waals surface area contributed by atoms with Gasteiger partial charge in [0.25, 0.3) is 0 Å². The topological polar surface area (TPSA) is 84.4 Å². The van der Waals surface area contributed by atoms with E-state index in [1.54, 1.807) is 38.4 Å². The SMILES string of the molecule is COc1cccc(NC(=O)CN(C)C(=O)CSc2nc(C)c(C)c(C)n2)c1. The molecule has 0 aliphatic carbocycles. The number of benzene rings is 1. The fraction of sp³-hybridized carbons (Fsp3) is 0.368. The van der Waals surface area contributed by atoms with Crippen LogP contribution >= 0.6 is 11.8 Å². The molecule has 0 radical (unpaired) electrons. The number of nitrogens with one attached hydrogen (secondary N) is 1. The van der Waals surface area contributed by atoms with E-state index in [0.717, 1.165) is 17.0 Å². The first-order chi connectivity index (χ1) is 12.8. The quantitative estimate of drug-likeness (QED) is 0.580. The lowest BCUT2D eigenvalue weighted by atomic mass is 10.2. The molecule has 27 heavy (non-hydrogen) atoms. The predicted octanol–water partition coefficient (Wildman–Crippen LogP) is 2.60. The number of ether oxygens (including phenoxy) is 1. The van der Waals surface area contributed by atoms with Gasteiger partial charge in [-0.15, -0.1) is 0 Å². The van der Waals surface area contributed by atoms with Crippen LogP contribution in [0.2, 0.25) is 0 Å². The number of rotatable bonds is 7. The van der Waals surface area contributed by atoms with Gasteiger partial charge >= 0.3 is 0 Å². The second kappa shape index (κ2) is 9.36. The molecule has 0 spiro atoms. The van der Waals surface area contributed by atoms with Crippen molar-refractivity contribution in [1.82, 2.24) is 14.9 Å². The minimum Gasteiger partial charge on any atom is -0.497 e. The summed E-state index contributed by atoms with van der Waals surface area (Å²) in [4.78, 5) is 34.6. The average Bonchev–Trinajstić information content (AvgIpc) is 2.63. The first kappa shape index (κ1) is 20.7. The van der Waals surface area contributed by atoms with Crippen LogP contribution in [0.4, 0.5) is 5.69 Å². The summed E-state index contributed by atoms with van der Waals surface area (Å²) in [6.45, 7) is 5.78. The smallest absolute Gasteiger partial charge is 0.243 e. The fourth-order valence-electron chi connectivity index (χ4n) is 2.25. The second-order valence-electron chi connectivity index (χ2n) is 6.12. The molecule has 0 saturated carbocycles. The number of likely N-dealkylation sites (N-methyl/N-ethyl adjacent to an activating group) is 1. The molecule has 8 heteroatoms. The molecule has 2 amide bonds. The number of nitrogens with zero attached hydrogens (tertiary/aromatic N) is 3. The molecule has 0 aliphatic rings. The van der Waals surface area contributed by atoms with Crippen LogP contribution in [0.25, 0.3) is 0 Å². The van der Waals surface area contributed by atoms with E-state index >= 15 is 0 Å². The first-order valence-electron chi connectivity index (χ1n) is 8.42. The summed E-state index contributed by atoms with van der Waals surface area (Å²) in [5.74, 6) is 0.380. The molecule has 2 rings (SSSR count). The van der Waals surface area contributed by atoms with Crippen LogP contribution in [-0.2, 0) is 9.59 Å². The molecule has 1 aromatic carbocycles. The summed E-state index contributed by atoms with van der Waals surface area (Å²) in [6, 6.07) is 7.05. The van der Waals surface area contributed by atoms with Crippen molar-refractivity contribution in [2.45, 2.75) is 25.9 Å². The van der Waals surface area contributed by atoms with Crippen molar-refractivity contribution < 1.29 is 14.3 Å². The average molecular weight is 388 g/mol. The van der Waals surface area contributed by atoms with E-state index in [2.05, 4.69) is 15.3 Å². The van der Waals surface area contributed by atoms with Gasteiger partial charge in [0.2, 0.25) is 11.8 Å². The van der Waals surface area contributed by atoms with Crippen LogP contribution in [0.15, 0.2) is 29.4 Å². The first-order valence-corrected chi connectivity index (χ1v) is 9.41. The van der Waals surface area contributed by atoms with Gasteiger partial charge in [-0.3, -0.25) is 9.59 Å². The maximum Gasteiger partial charge on any atom is 0.243 e. The summed E-state index contributed by atoms with van der Waals surface area (Å²) >= 11 is 1.27. The summed E-state index contributed by atoms with van der Waals surface area (Å²) in [5.41, 5.74) is 3.48. The summed E-state index contributed by atoms with van der Waals surface area (Å²) < 4.78 is 5.12. The monoisotopic (exact) mass is 388 g/mol. The maximum atomic E-state index is 12.3. The highest BCUT2D eigenvalue weighted by molar-refractivity contribution is 7.99. The third-order valence-electron chi connectivity index (χ3n) is 4.10. The molecular weight excluding hydrogens is 364 g/mol. The van der Waals surface area contributed by atoms with Gasteiger partial charge in [0.15, 0.2) is 5.16 Å². The van der Waals surface area contributed by atoms with Crippen molar-refractivity contribution in [1.29, 1.82) is 0 Å². The second-order valence-corrected chi connectivity index (χ2v) is 7.06. The summed E-state index contributed by atoms with van der Waals surface area (Å²) in [7, 11) is 3.16. The van der Waals surface area contributed by atoms with E-state index in [0.29, 0.717) is 16.6 Å². The Morgan fingerprint density at radius 1 is 1.19 bits per heavy atom. The van der Waals surface area contributed by atoms with E-state index < -0.39 is 0 Å². The third kappa shape index (κ3) is 5.96. The van der Waals surface area contributed by atoms with Gasteiger partial charge in [0.05, 0.1) is 19.4 Å². The molecule has 2 aromatic rings. The highest BCUT2D eigenvalue weighted by Gasteiger charge is 2.15. The highest BCUT2D eigenvalue weighted by atomic mass is 32.2. The Morgan fingerprint density at radius 2 is 1.85 bits per heavy atom. The zero-order valence-corrected chi connectivity index (χ0v) is 17.0. The van der Waals surface area contributed by atoms with Crippen molar-refractivity contribution in [3.05, 3.63) is 41.2 Å². The fourth-order valence-corrected chi connectivity index (χ4v) is 3.12. The highest BCUT2D eigenvalue weighted by Crippen LogP contribution is 2.18. The number of aromatic nitrogens is 2. The Bertz CT molecular complexity index is 818. The third-order valence-corrected chi connectivity index (χ3v) is 4.93. The van der Waals surface area contributed by atoms with Crippen molar-refractivity contribution in [3.8, 4) is 5.75 Å². The normalized spacial score (nSPS) is 10.4. The number of hydrogen-bond acceptors (Lipinski definition) is 6. The van der Waals surface area contributed by atoms with Crippen LogP contribution < -0.4 is 10.1 Å². The lowest BCUT2D eigenvalue weighted by Gasteiger charge is -2.17. The molecule has 0 atom stereocenters. The molecular formula is C19H24N4O3S. The van der Waals surface area contributed by atoms with Crippen LogP contribution in [-0.4, -0.2) is 53.1 Å². The molecule has 1 N–H and O–H groups in total. The Balaban J connectivity index is 1.86. The Kier molecular flexibility index (Phi) is 7.18. The van der Waals surface area contributed by atoms with Gasteiger partial charge in [-0.25, -0.2) is 9.97 Å². The lowest BCUT2D eigenvalue weighted by molar-refractivity contribution is -0.131. The van der Waals surface area contributed by atoms with Crippen molar-refractivity contribution in [3.63, 3.8) is 0 Å². The van der Waals surface area contributed by atoms with Gasteiger partial charge in [-0.05, 0) is 38.5 Å². The van der Waals surface area contributed by atoms with Crippen LogP contribution in [0.5, 0.6) is 5.75 Å². The van der Waals surface area contributed by atoms with E-state index in [1.165, 1.54) is 16.7 Å². The Labute approximate surface area is 163 Å². The number of thioether (sulfide) groups is 1. The van der Waals surface area contributed by atoms with E-state index in [-0.39, 0.29) is 24.1 Å². The molecule has 0 saturated heterocycles. The molecule has 0 fully saturated rings. The maximum absolute atomic E-state index is 12.3. The molecule has 1 aromatic heterocycles. The number of carbonyl (C=O) groups excluding carboxylic acids is 2. The predicted molar refractivity (Wildman–Crippen MR) is 106 cm³/mol. The van der Waals surface area contributed by atoms with Gasteiger partial charge in [-0.2, -0.15) is 0 Å². The van der Waals surface area contributed by atoms with Gasteiger partial charge < -0.3 is 15.0 Å². The Hall–Kier alpha value is -2.61. The molecule has 1 heterocycles. The van der Waals surface area contributed by atoms with E-state index in [9.17, 15) is 9.59 Å². The standard InChI is InChI=1S/C19H24N4O3S/c1-12-13(2)20-19(21-14(12)3)27-11-18(25)23(4)10-17(24)22-15-7-6-8-16(9-15)26-5/h6-9H,10-11H2,1-5H3,(H,22,24). The number of amides is 2. The number of aryl methyl sites for hydroxylation is 2. The van der Waals surface area contributed by atoms with Crippen molar-refractivity contribution >= 4 is 29.3 Å². The summed E-state index contributed by atoms with van der Waals surface area (Å²) in [6.07, 6.45) is 0. The molecule has 0 unspecified atom stereocenters. The number of hydrogen-bond donors (Lipinski definition) is 1. The minimum absolute atomic E-state index is 0.0383. The lowest BCUT2D eigenvalue weighted by Crippen LogP contribution is -2.36. The Morgan fingerprint density at radius 3 is 2.48 bits per heavy atom. The van der Waals surface area contributed by atoms with Crippen LogP contribution in [0, 0.1) is 20.8 Å². The zero-order chi connectivity index (χ0) is 20.0. The molecule has 0 bridgehead atoms. The number of anilines is 1. The summed E-state index contributed by atoms with van der Waals surface area (Å²) in [5, 5.41) is 3.32. The minimum atomic E-state index is -0.276. The van der Waals surface area contributed by atoms with Gasteiger partial charge in [0.1, 0.15) is 5.75 Å². The molecule has 144 valence electrons. The molecule has 7 nitrogen and oxygen atoms in total. The van der Waals surface area contributed by atoms with Crippen molar-refractivity contribution in [2.24, 2.45) is 0 Å². The zero-order valence-electron chi connectivity index (χ0n) is 16.2. The van der Waals surface area contributed by atoms with Gasteiger partial charge in [-0.1, -0.05) is 17.8 Å². The van der Waals surface area contributed by atoms with E-state index in [1.807, 2.05) is 20.8 Å². The van der Waals surface area contributed by atoms with E-state index in [4.69, 9.17) is 4.74 Å². The van der Waals surface area contributed by atoms with Crippen molar-refractivity contribution in [2.75, 3.05) is 31.8 Å². The molecule has 0 aliphatic heterocycles. The number of methoxy groups -OCH3 is 1. The van der Waals surface area contributed by atoms with Gasteiger partial charge in [0, 0.05) is 30.2 Å².